The van der Waals surface area contributed by atoms with Crippen molar-refractivity contribution in [1.29, 1.82) is 0 Å². The molecule has 0 unspecified atom stereocenters. The highest BCUT2D eigenvalue weighted by molar-refractivity contribution is 7.90. The van der Waals surface area contributed by atoms with Crippen molar-refractivity contribution in [3.05, 3.63) is 40.7 Å². The van der Waals surface area contributed by atoms with E-state index in [9.17, 15) is 23.3 Å². The summed E-state index contributed by atoms with van der Waals surface area (Å²) >= 11 is 0. The van der Waals surface area contributed by atoms with Gasteiger partial charge in [0, 0.05) is 24.9 Å². The van der Waals surface area contributed by atoms with Crippen LogP contribution in [-0.2, 0) is 19.4 Å². The quantitative estimate of drug-likeness (QED) is 0.381. The number of piperidine rings is 1. The molecule has 11 heteroatoms. The van der Waals surface area contributed by atoms with E-state index in [0.29, 0.717) is 38.1 Å². The molecule has 30 heavy (non-hydrogen) atoms. The van der Waals surface area contributed by atoms with Crippen molar-refractivity contribution >= 4 is 27.3 Å². The zero-order valence-electron chi connectivity index (χ0n) is 16.6. The van der Waals surface area contributed by atoms with Crippen molar-refractivity contribution in [2.24, 2.45) is 5.92 Å². The van der Waals surface area contributed by atoms with Gasteiger partial charge in [0.25, 0.3) is 0 Å². The fourth-order valence-corrected chi connectivity index (χ4v) is 4.11. The lowest BCUT2D eigenvalue weighted by molar-refractivity contribution is -0.383. The summed E-state index contributed by atoms with van der Waals surface area (Å²) < 4.78 is 28.8. The first-order chi connectivity index (χ1) is 14.2. The molecule has 0 amide bonds. The lowest BCUT2D eigenvalue weighted by atomic mass is 9.97. The van der Waals surface area contributed by atoms with Gasteiger partial charge in [-0.15, -0.1) is 0 Å². The normalized spacial score (nSPS) is 15.1. The van der Waals surface area contributed by atoms with Gasteiger partial charge in [-0.05, 0) is 31.9 Å². The first-order valence-corrected chi connectivity index (χ1v) is 11.3. The van der Waals surface area contributed by atoms with E-state index < -0.39 is 14.8 Å². The van der Waals surface area contributed by atoms with Crippen LogP contribution in [0.2, 0.25) is 0 Å². The van der Waals surface area contributed by atoms with E-state index in [1.807, 2.05) is 0 Å². The van der Waals surface area contributed by atoms with Crippen LogP contribution in [0.25, 0.3) is 11.3 Å². The van der Waals surface area contributed by atoms with Crippen molar-refractivity contribution in [3.63, 3.8) is 0 Å². The number of aromatic nitrogens is 2. The average Bonchev–Trinajstić information content (AvgIpc) is 2.73. The molecule has 0 saturated carbocycles. The van der Waals surface area contributed by atoms with Crippen LogP contribution in [0.3, 0.4) is 0 Å². The molecule has 1 saturated heterocycles. The Balaban J connectivity index is 1.96. The zero-order valence-corrected chi connectivity index (χ0v) is 17.5. The Bertz CT molecular complexity index is 1060. The minimum atomic E-state index is -3.48. The molecule has 1 aromatic carbocycles. The highest BCUT2D eigenvalue weighted by Crippen LogP contribution is 2.37. The van der Waals surface area contributed by atoms with Crippen LogP contribution in [0.4, 0.5) is 11.5 Å². The van der Waals surface area contributed by atoms with E-state index in [4.69, 9.17) is 4.74 Å². The first-order valence-electron chi connectivity index (χ1n) is 9.43. The second-order valence-electron chi connectivity index (χ2n) is 6.96. The van der Waals surface area contributed by atoms with E-state index in [1.54, 1.807) is 17.9 Å². The number of benzene rings is 1. The van der Waals surface area contributed by atoms with Crippen molar-refractivity contribution in [2.75, 3.05) is 30.9 Å². The van der Waals surface area contributed by atoms with E-state index in [2.05, 4.69) is 9.97 Å². The Morgan fingerprint density at radius 2 is 2.00 bits per heavy atom. The van der Waals surface area contributed by atoms with E-state index in [1.165, 1.54) is 24.5 Å². The van der Waals surface area contributed by atoms with Crippen LogP contribution in [0.1, 0.15) is 19.8 Å². The average molecular weight is 434 g/mol. The topological polar surface area (TPSA) is 133 Å². The smallest absolute Gasteiger partial charge is 0.337 e. The summed E-state index contributed by atoms with van der Waals surface area (Å²) in [6.45, 7) is 2.87. The maximum atomic E-state index is 11.9. The van der Waals surface area contributed by atoms with Crippen LogP contribution < -0.4 is 4.90 Å². The largest absolute Gasteiger partial charge is 0.466 e. The third-order valence-electron chi connectivity index (χ3n) is 4.94. The van der Waals surface area contributed by atoms with Crippen molar-refractivity contribution < 1.29 is 22.9 Å². The molecular weight excluding hydrogens is 412 g/mol. The monoisotopic (exact) mass is 434 g/mol. The second-order valence-corrected chi connectivity index (χ2v) is 8.98. The number of rotatable bonds is 6. The summed E-state index contributed by atoms with van der Waals surface area (Å²) in [5, 5.41) is 11.9. The number of nitrogens with zero attached hydrogens (tertiary/aromatic N) is 4. The number of esters is 1. The minimum absolute atomic E-state index is 0.0445. The molecule has 1 aliphatic heterocycles. The van der Waals surface area contributed by atoms with Crippen molar-refractivity contribution in [3.8, 4) is 11.3 Å². The van der Waals surface area contributed by atoms with Crippen LogP contribution in [0.15, 0.2) is 35.5 Å². The molecule has 1 aromatic heterocycles. The van der Waals surface area contributed by atoms with E-state index in [0.717, 1.165) is 6.26 Å². The van der Waals surface area contributed by atoms with Gasteiger partial charge >= 0.3 is 11.7 Å². The lowest BCUT2D eigenvalue weighted by Gasteiger charge is -2.31. The summed E-state index contributed by atoms with van der Waals surface area (Å²) in [6, 6.07) is 5.87. The van der Waals surface area contributed by atoms with Crippen molar-refractivity contribution in [2.45, 2.75) is 24.7 Å². The molecule has 160 valence electrons. The maximum Gasteiger partial charge on any atom is 0.337 e. The fraction of sp³-hybridized carbons (Fsp3) is 0.421. The first kappa shape index (κ1) is 21.6. The molecule has 10 nitrogen and oxygen atoms in total. The third-order valence-corrected chi connectivity index (χ3v) is 6.05. The van der Waals surface area contributed by atoms with Crippen LogP contribution in [0, 0.1) is 16.0 Å². The molecule has 0 bridgehead atoms. The second kappa shape index (κ2) is 8.74. The Morgan fingerprint density at radius 1 is 1.30 bits per heavy atom. The third kappa shape index (κ3) is 4.56. The van der Waals surface area contributed by atoms with Crippen LogP contribution in [-0.4, -0.2) is 55.2 Å². The number of carbonyl (C=O) groups is 1. The SMILES string of the molecule is CCOC(=O)C1CCN(c2ncnc(-c3cccc(S(C)(=O)=O)c3)c2[N+](=O)[O-])CC1. The Kier molecular flexibility index (Phi) is 6.30. The van der Waals surface area contributed by atoms with Gasteiger partial charge in [0.15, 0.2) is 15.5 Å². The van der Waals surface area contributed by atoms with Gasteiger partial charge in [-0.1, -0.05) is 12.1 Å². The molecule has 2 heterocycles. The molecule has 1 aliphatic rings. The Hall–Kier alpha value is -3.08. The molecule has 0 spiro atoms. The number of hydrogen-bond acceptors (Lipinski definition) is 9. The molecule has 1 fully saturated rings. The summed E-state index contributed by atoms with van der Waals surface area (Å²) in [5.74, 6) is -0.349. The van der Waals surface area contributed by atoms with Gasteiger partial charge in [-0.25, -0.2) is 18.4 Å². The molecule has 0 radical (unpaired) electrons. The van der Waals surface area contributed by atoms with Gasteiger partial charge in [0.1, 0.15) is 6.33 Å². The number of anilines is 1. The predicted molar refractivity (Wildman–Crippen MR) is 109 cm³/mol. The molecule has 2 aromatic rings. The standard InChI is InChI=1S/C19H22N4O6S/c1-3-29-19(24)13-7-9-22(10-8-13)18-17(23(25)26)16(20-12-21-18)14-5-4-6-15(11-14)30(2,27)28/h4-6,11-13H,3,7-10H2,1-2H3. The van der Waals surface area contributed by atoms with Gasteiger partial charge in [-0.3, -0.25) is 14.9 Å². The molecular formula is C19H22N4O6S. The predicted octanol–water partition coefficient (Wildman–Crippen LogP) is 2.23. The van der Waals surface area contributed by atoms with E-state index in [-0.39, 0.29) is 34.0 Å². The number of hydrogen-bond donors (Lipinski definition) is 0. The summed E-state index contributed by atoms with van der Waals surface area (Å²) in [5.41, 5.74) is 0.0652. The molecule has 0 aliphatic carbocycles. The van der Waals surface area contributed by atoms with E-state index >= 15 is 0 Å². The molecule has 0 N–H and O–H groups in total. The maximum absolute atomic E-state index is 11.9. The van der Waals surface area contributed by atoms with Crippen LogP contribution in [0.5, 0.6) is 0 Å². The number of ether oxygens (including phenoxy) is 1. The summed E-state index contributed by atoms with van der Waals surface area (Å²) in [4.78, 5) is 33.3. The number of nitro groups is 1. The fourth-order valence-electron chi connectivity index (χ4n) is 3.44. The van der Waals surface area contributed by atoms with Gasteiger partial charge in [0.2, 0.25) is 5.82 Å². The summed E-state index contributed by atoms with van der Waals surface area (Å²) in [6.07, 6.45) is 3.29. The summed E-state index contributed by atoms with van der Waals surface area (Å²) in [7, 11) is -3.48. The Labute approximate surface area is 174 Å². The molecule has 0 atom stereocenters. The zero-order chi connectivity index (χ0) is 21.9. The van der Waals surface area contributed by atoms with Gasteiger partial charge in [0.05, 0.1) is 22.3 Å². The van der Waals surface area contributed by atoms with Crippen LogP contribution >= 0.6 is 0 Å². The van der Waals surface area contributed by atoms with Crippen molar-refractivity contribution in [1.82, 2.24) is 9.97 Å². The Morgan fingerprint density at radius 3 is 2.60 bits per heavy atom. The van der Waals surface area contributed by atoms with Gasteiger partial charge in [-0.2, -0.15) is 0 Å². The highest BCUT2D eigenvalue weighted by atomic mass is 32.2. The molecule has 3 rings (SSSR count). The minimum Gasteiger partial charge on any atom is -0.466 e. The number of carbonyl (C=O) groups excluding carboxylic acids is 1. The highest BCUT2D eigenvalue weighted by Gasteiger charge is 2.32. The number of sulfone groups is 1. The lowest BCUT2D eigenvalue weighted by Crippen LogP contribution is -2.37. The van der Waals surface area contributed by atoms with Gasteiger partial charge < -0.3 is 9.64 Å².